The minimum atomic E-state index is -4.44. The molecule has 1 saturated heterocycles. The Balaban J connectivity index is 1.30. The molecule has 0 bridgehead atoms. The van der Waals surface area contributed by atoms with Crippen LogP contribution in [0.5, 0.6) is 5.75 Å². The number of aryl methyl sites for hydroxylation is 1. The Hall–Kier alpha value is -3.37. The van der Waals surface area contributed by atoms with Crippen molar-refractivity contribution >= 4 is 28.3 Å². The van der Waals surface area contributed by atoms with Crippen molar-refractivity contribution < 1.29 is 27.4 Å². The van der Waals surface area contributed by atoms with E-state index >= 15 is 0 Å². The highest BCUT2D eigenvalue weighted by Gasteiger charge is 2.36. The summed E-state index contributed by atoms with van der Waals surface area (Å²) in [7, 11) is 3.33. The van der Waals surface area contributed by atoms with Gasteiger partial charge in [0.05, 0.1) is 19.2 Å². The highest BCUT2D eigenvalue weighted by molar-refractivity contribution is 7.12. The van der Waals surface area contributed by atoms with Gasteiger partial charge in [-0.1, -0.05) is 30.3 Å². The van der Waals surface area contributed by atoms with Crippen LogP contribution >= 0.6 is 11.3 Å². The molecule has 188 valence electrons. The molecule has 0 unspecified atom stereocenters. The molecule has 36 heavy (non-hydrogen) atoms. The average Bonchev–Trinajstić information content (AvgIpc) is 3.41. The zero-order valence-electron chi connectivity index (χ0n) is 19.7. The summed E-state index contributed by atoms with van der Waals surface area (Å²) in [4.78, 5) is 18.1. The van der Waals surface area contributed by atoms with Crippen LogP contribution in [0.4, 0.5) is 13.2 Å². The third-order valence-electron chi connectivity index (χ3n) is 6.32. The van der Waals surface area contributed by atoms with Gasteiger partial charge in [0.1, 0.15) is 22.9 Å². The summed E-state index contributed by atoms with van der Waals surface area (Å²) >= 11 is 0.697. The van der Waals surface area contributed by atoms with E-state index in [1.807, 2.05) is 23.7 Å². The van der Waals surface area contributed by atoms with E-state index in [1.165, 1.54) is 7.11 Å². The Morgan fingerprint density at radius 1 is 1.17 bits per heavy atom. The van der Waals surface area contributed by atoms with E-state index < -0.39 is 11.1 Å². The first-order valence-electron chi connectivity index (χ1n) is 11.4. The van der Waals surface area contributed by atoms with Gasteiger partial charge >= 0.3 is 12.1 Å². The maximum atomic E-state index is 13.7. The number of alkyl halides is 3. The van der Waals surface area contributed by atoms with Gasteiger partial charge in [0.2, 0.25) is 0 Å². The summed E-state index contributed by atoms with van der Waals surface area (Å²) in [5, 5.41) is 0.877. The van der Waals surface area contributed by atoms with Gasteiger partial charge in [-0.05, 0) is 23.8 Å². The summed E-state index contributed by atoms with van der Waals surface area (Å²) < 4.78 is 53.6. The van der Waals surface area contributed by atoms with Crippen LogP contribution in [0, 0.1) is 5.92 Å². The molecule has 0 saturated carbocycles. The molecule has 6 nitrogen and oxygen atoms in total. The molecule has 4 heterocycles. The predicted octanol–water partition coefficient (Wildman–Crippen LogP) is 5.50. The number of pyridine rings is 1. The Bertz CT molecular complexity index is 1390. The summed E-state index contributed by atoms with van der Waals surface area (Å²) in [6, 6.07) is 14.0. The number of rotatable bonds is 7. The van der Waals surface area contributed by atoms with Crippen molar-refractivity contribution in [3.63, 3.8) is 0 Å². The molecule has 5 rings (SSSR count). The number of aromatic nitrogens is 2. The van der Waals surface area contributed by atoms with Crippen molar-refractivity contribution in [1.29, 1.82) is 0 Å². The monoisotopic (exact) mass is 515 g/mol. The Kier molecular flexibility index (Phi) is 6.48. The Morgan fingerprint density at radius 3 is 2.61 bits per heavy atom. The quantitative estimate of drug-likeness (QED) is 0.304. The van der Waals surface area contributed by atoms with E-state index in [9.17, 15) is 18.0 Å². The zero-order chi connectivity index (χ0) is 25.4. The molecule has 1 aliphatic heterocycles. The highest BCUT2D eigenvalue weighted by Crippen LogP contribution is 2.43. The summed E-state index contributed by atoms with van der Waals surface area (Å²) in [6.07, 6.45) is -2.86. The second kappa shape index (κ2) is 9.59. The molecular weight excluding hydrogens is 491 g/mol. The number of carbonyl (C=O) groups is 1. The number of methoxy groups -OCH3 is 1. The fraction of sp³-hybridized carbons (Fsp3) is 0.308. The summed E-state index contributed by atoms with van der Waals surface area (Å²) in [5.41, 5.74) is 2.50. The molecule has 1 aliphatic rings. The van der Waals surface area contributed by atoms with Crippen molar-refractivity contribution in [2.75, 3.05) is 20.2 Å². The number of hydrogen-bond donors (Lipinski definition) is 0. The van der Waals surface area contributed by atoms with Crippen molar-refractivity contribution in [2.24, 2.45) is 13.0 Å². The molecule has 10 heteroatoms. The lowest BCUT2D eigenvalue weighted by Crippen LogP contribution is -2.50. The molecule has 0 spiro atoms. The van der Waals surface area contributed by atoms with Crippen LogP contribution in [0.3, 0.4) is 0 Å². The fourth-order valence-electron chi connectivity index (χ4n) is 4.44. The summed E-state index contributed by atoms with van der Waals surface area (Å²) in [6.45, 7) is 1.99. The number of hydrogen-bond acceptors (Lipinski definition) is 6. The fourth-order valence-corrected chi connectivity index (χ4v) is 5.40. The number of fused-ring (bicyclic) bond motifs is 1. The number of ether oxygens (including phenoxy) is 2. The first-order valence-corrected chi connectivity index (χ1v) is 12.2. The van der Waals surface area contributed by atoms with Crippen LogP contribution in [0.2, 0.25) is 0 Å². The third-order valence-corrected chi connectivity index (χ3v) is 7.48. The molecule has 1 aromatic carbocycles. The second-order valence-corrected chi connectivity index (χ2v) is 9.94. The van der Waals surface area contributed by atoms with Gasteiger partial charge in [-0.15, -0.1) is 11.3 Å². The van der Waals surface area contributed by atoms with Crippen LogP contribution < -0.4 is 4.74 Å². The van der Waals surface area contributed by atoms with Gasteiger partial charge in [0.15, 0.2) is 0 Å². The van der Waals surface area contributed by atoms with Crippen molar-refractivity contribution in [1.82, 2.24) is 14.5 Å². The number of esters is 1. The van der Waals surface area contributed by atoms with Gasteiger partial charge in [-0.2, -0.15) is 13.2 Å². The molecule has 3 aromatic heterocycles. The van der Waals surface area contributed by atoms with Gasteiger partial charge < -0.3 is 14.0 Å². The number of thiophene rings is 1. The topological polar surface area (TPSA) is 56.6 Å². The lowest BCUT2D eigenvalue weighted by molar-refractivity contribution is -0.151. The Morgan fingerprint density at radius 2 is 1.92 bits per heavy atom. The van der Waals surface area contributed by atoms with Gasteiger partial charge in [-0.25, -0.2) is 4.98 Å². The molecular formula is C26H24F3N3O3S. The van der Waals surface area contributed by atoms with Crippen LogP contribution in [-0.2, 0) is 35.9 Å². The SMILES string of the molecule is COC(=O)C1CN(Cc2cc3cc(OCc4cc(-c5ccccc5)c(C(F)(F)F)s4)cnc3n2C)C1. The number of benzene rings is 1. The van der Waals surface area contributed by atoms with E-state index in [1.54, 1.807) is 42.6 Å². The van der Waals surface area contributed by atoms with Crippen LogP contribution in [-0.4, -0.2) is 40.6 Å². The van der Waals surface area contributed by atoms with Crippen molar-refractivity contribution in [3.8, 4) is 16.9 Å². The standard InChI is InChI=1S/C26H24F3N3O3S/c1-31-19(14-32-12-18(13-32)25(33)34-2)8-17-9-20(11-30-24(17)31)35-15-21-10-22(16-6-4-3-5-7-16)23(36-21)26(27,28)29/h3-11,18H,12-15H2,1-2H3. The van der Waals surface area contributed by atoms with E-state index in [4.69, 9.17) is 9.47 Å². The number of likely N-dealkylation sites (tertiary alicyclic amines) is 1. The van der Waals surface area contributed by atoms with Gasteiger partial charge in [-0.3, -0.25) is 9.69 Å². The lowest BCUT2D eigenvalue weighted by atomic mass is 10.0. The van der Waals surface area contributed by atoms with Crippen molar-refractivity contribution in [3.05, 3.63) is 70.2 Å². The highest BCUT2D eigenvalue weighted by atomic mass is 32.1. The van der Waals surface area contributed by atoms with Crippen LogP contribution in [0.15, 0.2) is 54.7 Å². The number of nitrogens with zero attached hydrogens (tertiary/aromatic N) is 3. The third kappa shape index (κ3) is 4.83. The molecule has 0 N–H and O–H groups in total. The summed E-state index contributed by atoms with van der Waals surface area (Å²) in [5.74, 6) is 0.216. The lowest BCUT2D eigenvalue weighted by Gasteiger charge is -2.37. The first kappa shape index (κ1) is 24.3. The number of carbonyl (C=O) groups excluding carboxylic acids is 1. The maximum Gasteiger partial charge on any atom is 0.426 e. The minimum absolute atomic E-state index is 0.0101. The second-order valence-electron chi connectivity index (χ2n) is 8.80. The predicted molar refractivity (Wildman–Crippen MR) is 131 cm³/mol. The van der Waals surface area contributed by atoms with E-state index in [-0.39, 0.29) is 24.1 Å². The number of halogens is 3. The maximum absolute atomic E-state index is 13.7. The average molecular weight is 516 g/mol. The smallest absolute Gasteiger partial charge is 0.426 e. The van der Waals surface area contributed by atoms with Gasteiger partial charge in [0, 0.05) is 48.2 Å². The van der Waals surface area contributed by atoms with Gasteiger partial charge in [0.25, 0.3) is 0 Å². The molecule has 4 aromatic rings. The van der Waals surface area contributed by atoms with Crippen LogP contribution in [0.25, 0.3) is 22.2 Å². The molecule has 0 aliphatic carbocycles. The first-order chi connectivity index (χ1) is 17.2. The Labute approximate surface area is 209 Å². The molecule has 0 radical (unpaired) electrons. The minimum Gasteiger partial charge on any atom is -0.486 e. The molecule has 0 atom stereocenters. The van der Waals surface area contributed by atoms with Crippen molar-refractivity contribution in [2.45, 2.75) is 19.3 Å². The zero-order valence-corrected chi connectivity index (χ0v) is 20.5. The van der Waals surface area contributed by atoms with E-state index in [0.29, 0.717) is 47.2 Å². The van der Waals surface area contributed by atoms with Crippen LogP contribution in [0.1, 0.15) is 15.4 Å². The largest absolute Gasteiger partial charge is 0.486 e. The van der Waals surface area contributed by atoms with E-state index in [0.717, 1.165) is 16.7 Å². The normalized spacial score (nSPS) is 14.7. The van der Waals surface area contributed by atoms with E-state index in [2.05, 4.69) is 9.88 Å². The molecule has 1 fully saturated rings. The molecule has 0 amide bonds.